The molecule has 2 aromatic rings. The fourth-order valence-electron chi connectivity index (χ4n) is 1.44. The largest absolute Gasteiger partial charge is 0.494 e. The molecular weight excluding hydrogens is 250 g/mol. The molecule has 5 heteroatoms. The highest BCUT2D eigenvalue weighted by Crippen LogP contribution is 2.27. The number of carbonyl (C=O) groups is 1. The molecule has 0 radical (unpaired) electrons. The van der Waals surface area contributed by atoms with Crippen LogP contribution in [-0.4, -0.2) is 22.7 Å². The molecule has 0 bridgehead atoms. The minimum atomic E-state index is -1.00. The van der Waals surface area contributed by atoms with Gasteiger partial charge in [0.05, 0.1) is 6.61 Å². The van der Waals surface area contributed by atoms with Crippen LogP contribution in [0.2, 0.25) is 0 Å². The number of carboxylic acids is 1. The van der Waals surface area contributed by atoms with Gasteiger partial charge in [0, 0.05) is 10.9 Å². The summed E-state index contributed by atoms with van der Waals surface area (Å²) in [5.41, 5.74) is 0.955. The van der Waals surface area contributed by atoms with Crippen LogP contribution in [0.25, 0.3) is 10.6 Å². The second-order valence-corrected chi connectivity index (χ2v) is 4.58. The van der Waals surface area contributed by atoms with Gasteiger partial charge in [-0.05, 0) is 18.6 Å². The zero-order valence-corrected chi connectivity index (χ0v) is 10.7. The number of hydrogen-bond donors (Lipinski definition) is 1. The third kappa shape index (κ3) is 2.87. The Balaban J connectivity index is 2.23. The zero-order chi connectivity index (χ0) is 13.0. The van der Waals surface area contributed by atoms with E-state index in [9.17, 15) is 4.79 Å². The predicted octanol–water partition coefficient (Wildman–Crippen LogP) is 3.30. The normalized spacial score (nSPS) is 10.3. The van der Waals surface area contributed by atoms with Crippen LogP contribution in [0.5, 0.6) is 5.75 Å². The molecule has 0 saturated carbocycles. The number of thiazole rings is 1. The number of ether oxygens (including phenoxy) is 1. The molecule has 0 fully saturated rings. The zero-order valence-electron chi connectivity index (χ0n) is 9.92. The monoisotopic (exact) mass is 263 g/mol. The van der Waals surface area contributed by atoms with E-state index in [1.165, 1.54) is 16.7 Å². The average molecular weight is 263 g/mol. The van der Waals surface area contributed by atoms with Crippen LogP contribution in [0.4, 0.5) is 0 Å². The van der Waals surface area contributed by atoms with Crippen molar-refractivity contribution in [1.82, 2.24) is 4.98 Å². The summed E-state index contributed by atoms with van der Waals surface area (Å²) in [5.74, 6) is -0.225. The molecule has 0 amide bonds. The van der Waals surface area contributed by atoms with Crippen molar-refractivity contribution < 1.29 is 14.6 Å². The molecule has 1 aromatic carbocycles. The molecule has 94 valence electrons. The lowest BCUT2D eigenvalue weighted by Gasteiger charge is -2.05. The second-order valence-electron chi connectivity index (χ2n) is 3.72. The summed E-state index contributed by atoms with van der Waals surface area (Å²) in [5, 5.41) is 11.1. The molecule has 0 unspecified atom stereocenters. The van der Waals surface area contributed by atoms with Crippen molar-refractivity contribution in [2.24, 2.45) is 0 Å². The van der Waals surface area contributed by atoms with Gasteiger partial charge in [0.2, 0.25) is 0 Å². The van der Waals surface area contributed by atoms with Gasteiger partial charge < -0.3 is 9.84 Å². The average Bonchev–Trinajstić information content (AvgIpc) is 2.86. The van der Waals surface area contributed by atoms with Crippen molar-refractivity contribution in [3.8, 4) is 16.3 Å². The van der Waals surface area contributed by atoms with Crippen LogP contribution in [0.15, 0.2) is 29.6 Å². The quantitative estimate of drug-likeness (QED) is 0.899. The van der Waals surface area contributed by atoms with E-state index in [0.717, 1.165) is 17.7 Å². The Bertz CT molecular complexity index is 551. The Morgan fingerprint density at radius 3 is 3.00 bits per heavy atom. The van der Waals surface area contributed by atoms with Gasteiger partial charge in [-0.3, -0.25) is 0 Å². The van der Waals surface area contributed by atoms with Gasteiger partial charge in [-0.15, -0.1) is 11.3 Å². The number of benzene rings is 1. The molecule has 1 heterocycles. The lowest BCUT2D eigenvalue weighted by atomic mass is 10.2. The summed E-state index contributed by atoms with van der Waals surface area (Å²) < 4.78 is 5.53. The van der Waals surface area contributed by atoms with E-state index >= 15 is 0 Å². The van der Waals surface area contributed by atoms with Crippen LogP contribution < -0.4 is 4.74 Å². The molecule has 1 N–H and O–H groups in total. The molecule has 0 aliphatic heterocycles. The molecule has 0 aliphatic rings. The number of aromatic nitrogens is 1. The number of rotatable bonds is 5. The molecule has 0 spiro atoms. The summed E-state index contributed by atoms with van der Waals surface area (Å²) in [4.78, 5) is 14.8. The summed E-state index contributed by atoms with van der Waals surface area (Å²) >= 11 is 1.32. The lowest BCUT2D eigenvalue weighted by Crippen LogP contribution is -1.96. The minimum Gasteiger partial charge on any atom is -0.494 e. The number of nitrogens with zero attached hydrogens (tertiary/aromatic N) is 1. The van der Waals surface area contributed by atoms with E-state index in [4.69, 9.17) is 9.84 Å². The van der Waals surface area contributed by atoms with Crippen LogP contribution in [0, 0.1) is 0 Å². The van der Waals surface area contributed by atoms with Gasteiger partial charge >= 0.3 is 5.97 Å². The van der Waals surface area contributed by atoms with Crippen molar-refractivity contribution in [3.05, 3.63) is 35.3 Å². The summed E-state index contributed by atoms with van der Waals surface area (Å²) in [6.45, 7) is 2.71. The molecule has 4 nitrogen and oxygen atoms in total. The van der Waals surface area contributed by atoms with Crippen LogP contribution >= 0.6 is 11.3 Å². The molecule has 1 aromatic heterocycles. The maximum atomic E-state index is 10.8. The number of carboxylic acid groups (broad SMARTS) is 1. The van der Waals surface area contributed by atoms with Crippen molar-refractivity contribution in [1.29, 1.82) is 0 Å². The first-order valence-electron chi connectivity index (χ1n) is 5.62. The van der Waals surface area contributed by atoms with Gasteiger partial charge in [-0.25, -0.2) is 9.78 Å². The lowest BCUT2D eigenvalue weighted by molar-refractivity contribution is 0.0691. The van der Waals surface area contributed by atoms with Crippen molar-refractivity contribution in [2.45, 2.75) is 13.3 Å². The van der Waals surface area contributed by atoms with Crippen molar-refractivity contribution >= 4 is 17.3 Å². The summed E-state index contributed by atoms with van der Waals surface area (Å²) in [6.07, 6.45) is 0.949. The second kappa shape index (κ2) is 5.64. The fourth-order valence-corrected chi connectivity index (χ4v) is 2.23. The maximum Gasteiger partial charge on any atom is 0.355 e. The van der Waals surface area contributed by atoms with E-state index in [2.05, 4.69) is 4.98 Å². The first-order valence-corrected chi connectivity index (χ1v) is 6.50. The first kappa shape index (κ1) is 12.6. The number of hydrogen-bond acceptors (Lipinski definition) is 4. The van der Waals surface area contributed by atoms with Crippen LogP contribution in [0.3, 0.4) is 0 Å². The predicted molar refractivity (Wildman–Crippen MR) is 70.3 cm³/mol. The highest BCUT2D eigenvalue weighted by atomic mass is 32.1. The maximum absolute atomic E-state index is 10.8. The van der Waals surface area contributed by atoms with Gasteiger partial charge in [0.1, 0.15) is 10.8 Å². The Kier molecular flexibility index (Phi) is 3.94. The minimum absolute atomic E-state index is 0.0786. The Morgan fingerprint density at radius 1 is 1.50 bits per heavy atom. The van der Waals surface area contributed by atoms with E-state index < -0.39 is 5.97 Å². The standard InChI is InChI=1S/C13H13NO3S/c1-2-6-17-10-5-3-4-9(7-10)12-14-11(8-18-12)13(15)16/h3-5,7-8H,2,6H2,1H3,(H,15,16). The van der Waals surface area contributed by atoms with Gasteiger partial charge in [0.25, 0.3) is 0 Å². The fraction of sp³-hybridized carbons (Fsp3) is 0.231. The van der Waals surface area contributed by atoms with Crippen molar-refractivity contribution in [3.63, 3.8) is 0 Å². The third-order valence-electron chi connectivity index (χ3n) is 2.28. The van der Waals surface area contributed by atoms with Crippen molar-refractivity contribution in [2.75, 3.05) is 6.61 Å². The smallest absolute Gasteiger partial charge is 0.355 e. The Hall–Kier alpha value is -1.88. The van der Waals surface area contributed by atoms with Gasteiger partial charge in [0.15, 0.2) is 5.69 Å². The molecule has 18 heavy (non-hydrogen) atoms. The SMILES string of the molecule is CCCOc1cccc(-c2nc(C(=O)O)cs2)c1. The third-order valence-corrected chi connectivity index (χ3v) is 3.17. The van der Waals surface area contributed by atoms with Gasteiger partial charge in [-0.1, -0.05) is 19.1 Å². The topological polar surface area (TPSA) is 59.4 Å². The highest BCUT2D eigenvalue weighted by molar-refractivity contribution is 7.13. The van der Waals surface area contributed by atoms with E-state index in [-0.39, 0.29) is 5.69 Å². The molecule has 0 saturated heterocycles. The molecule has 0 aliphatic carbocycles. The van der Waals surface area contributed by atoms with Gasteiger partial charge in [-0.2, -0.15) is 0 Å². The Labute approximate surface area is 109 Å². The van der Waals surface area contributed by atoms with E-state index in [1.807, 2.05) is 31.2 Å². The first-order chi connectivity index (χ1) is 8.70. The van der Waals surface area contributed by atoms with Crippen LogP contribution in [-0.2, 0) is 0 Å². The summed E-state index contributed by atoms with van der Waals surface area (Å²) in [6, 6.07) is 7.52. The number of aromatic carboxylic acids is 1. The van der Waals surface area contributed by atoms with E-state index in [0.29, 0.717) is 11.6 Å². The molecule has 2 rings (SSSR count). The summed E-state index contributed by atoms with van der Waals surface area (Å²) in [7, 11) is 0. The molecular formula is C13H13NO3S. The Morgan fingerprint density at radius 2 is 2.33 bits per heavy atom. The van der Waals surface area contributed by atoms with Crippen LogP contribution in [0.1, 0.15) is 23.8 Å². The molecule has 0 atom stereocenters. The van der Waals surface area contributed by atoms with E-state index in [1.54, 1.807) is 0 Å². The highest BCUT2D eigenvalue weighted by Gasteiger charge is 2.10.